The number of anilines is 1. The Balaban J connectivity index is 1.76. The topological polar surface area (TPSA) is 114 Å². The number of carbonyl (C=O) groups is 2. The summed E-state index contributed by atoms with van der Waals surface area (Å²) in [5.41, 5.74) is 7.44. The van der Waals surface area contributed by atoms with Crippen LogP contribution in [0.2, 0.25) is 0 Å². The summed E-state index contributed by atoms with van der Waals surface area (Å²) in [5, 5.41) is 12.8. The average Bonchev–Trinajstić information content (AvgIpc) is 3.20. The second kappa shape index (κ2) is 12.2. The first-order valence-electron chi connectivity index (χ1n) is 11.7. The summed E-state index contributed by atoms with van der Waals surface area (Å²) in [7, 11) is 1.55. The van der Waals surface area contributed by atoms with Crippen LogP contribution >= 0.6 is 11.3 Å². The molecule has 0 spiro atoms. The number of hydrogen-bond acceptors (Lipinski definition) is 6. The monoisotopic (exact) mass is 481 g/mol. The van der Waals surface area contributed by atoms with Gasteiger partial charge in [0.25, 0.3) is 11.8 Å². The highest BCUT2D eigenvalue weighted by Crippen LogP contribution is 2.38. The van der Waals surface area contributed by atoms with Crippen molar-refractivity contribution in [1.82, 2.24) is 0 Å². The number of rotatable bonds is 11. The molecular formula is C26H31N3O4S. The summed E-state index contributed by atoms with van der Waals surface area (Å²) in [6.45, 7) is 2.76. The van der Waals surface area contributed by atoms with Gasteiger partial charge in [-0.25, -0.2) is 0 Å². The molecule has 0 fully saturated rings. The summed E-state index contributed by atoms with van der Waals surface area (Å²) < 4.78 is 11.3. The van der Waals surface area contributed by atoms with E-state index < -0.39 is 11.8 Å². The fourth-order valence-corrected chi connectivity index (χ4v) is 5.29. The number of ether oxygens (including phenoxy) is 2. The third-order valence-electron chi connectivity index (χ3n) is 5.76. The van der Waals surface area contributed by atoms with Gasteiger partial charge in [-0.2, -0.15) is 5.26 Å². The van der Waals surface area contributed by atoms with E-state index in [1.165, 1.54) is 23.8 Å². The molecule has 1 heterocycles. The number of unbranched alkanes of at least 4 members (excludes halogenated alkanes) is 3. The van der Waals surface area contributed by atoms with Crippen molar-refractivity contribution in [3.8, 4) is 17.6 Å². The second-order valence-electron chi connectivity index (χ2n) is 8.22. The highest BCUT2D eigenvalue weighted by Gasteiger charge is 2.25. The number of hydrogen-bond donors (Lipinski definition) is 2. The third kappa shape index (κ3) is 6.17. The Labute approximate surface area is 204 Å². The van der Waals surface area contributed by atoms with Gasteiger partial charge in [0.15, 0.2) is 11.5 Å². The number of carbonyl (C=O) groups excluding carboxylic acids is 2. The van der Waals surface area contributed by atoms with E-state index in [1.54, 1.807) is 25.3 Å². The van der Waals surface area contributed by atoms with Crippen LogP contribution in [-0.4, -0.2) is 25.5 Å². The van der Waals surface area contributed by atoms with Crippen LogP contribution in [0.4, 0.5) is 5.00 Å². The van der Waals surface area contributed by atoms with Gasteiger partial charge in [0.1, 0.15) is 16.6 Å². The number of primary amides is 1. The van der Waals surface area contributed by atoms with Crippen molar-refractivity contribution in [1.29, 1.82) is 5.26 Å². The SMILES string of the molecule is CCCCCCOc1ccc(C=C(C#N)C(=O)Nc2sc3c(c2C(N)=O)CCCC3)cc1OC. The fraction of sp³-hybridized carbons (Fsp3) is 0.423. The Morgan fingerprint density at radius 3 is 2.71 bits per heavy atom. The van der Waals surface area contributed by atoms with Crippen LogP contribution in [0.1, 0.15) is 71.8 Å². The molecule has 0 unspecified atom stereocenters. The first-order valence-corrected chi connectivity index (χ1v) is 12.5. The average molecular weight is 482 g/mol. The van der Waals surface area contributed by atoms with Gasteiger partial charge in [-0.15, -0.1) is 11.3 Å². The number of benzene rings is 1. The lowest BCUT2D eigenvalue weighted by atomic mass is 9.95. The lowest BCUT2D eigenvalue weighted by Gasteiger charge is -2.11. The van der Waals surface area contributed by atoms with Crippen molar-refractivity contribution in [2.75, 3.05) is 19.0 Å². The Morgan fingerprint density at radius 2 is 2.00 bits per heavy atom. The smallest absolute Gasteiger partial charge is 0.266 e. The van der Waals surface area contributed by atoms with Crippen molar-refractivity contribution in [3.05, 3.63) is 45.3 Å². The number of aryl methyl sites for hydroxylation is 1. The molecule has 1 aliphatic rings. The second-order valence-corrected chi connectivity index (χ2v) is 9.33. The van der Waals surface area contributed by atoms with Gasteiger partial charge in [0, 0.05) is 4.88 Å². The molecule has 7 nitrogen and oxygen atoms in total. The van der Waals surface area contributed by atoms with Crippen LogP contribution in [0.25, 0.3) is 6.08 Å². The first kappa shape index (κ1) is 25.3. The summed E-state index contributed by atoms with van der Waals surface area (Å²) >= 11 is 1.37. The van der Waals surface area contributed by atoms with Crippen LogP contribution in [0.15, 0.2) is 23.8 Å². The highest BCUT2D eigenvalue weighted by atomic mass is 32.1. The minimum Gasteiger partial charge on any atom is -0.493 e. The Bertz CT molecular complexity index is 1110. The van der Waals surface area contributed by atoms with Gasteiger partial charge in [-0.3, -0.25) is 9.59 Å². The van der Waals surface area contributed by atoms with Gasteiger partial charge < -0.3 is 20.5 Å². The van der Waals surface area contributed by atoms with Crippen LogP contribution in [-0.2, 0) is 17.6 Å². The van der Waals surface area contributed by atoms with Gasteiger partial charge in [-0.1, -0.05) is 32.3 Å². The predicted octanol–water partition coefficient (Wildman–Crippen LogP) is 5.24. The Kier molecular flexibility index (Phi) is 9.11. The fourth-order valence-electron chi connectivity index (χ4n) is 4.00. The number of nitriles is 1. The number of thiophene rings is 1. The van der Waals surface area contributed by atoms with Gasteiger partial charge in [0.05, 0.1) is 19.3 Å². The van der Waals surface area contributed by atoms with Gasteiger partial charge >= 0.3 is 0 Å². The number of nitrogens with one attached hydrogen (secondary N) is 1. The third-order valence-corrected chi connectivity index (χ3v) is 6.97. The van der Waals surface area contributed by atoms with Crippen LogP contribution in [0, 0.1) is 11.3 Å². The molecule has 0 bridgehead atoms. The highest BCUT2D eigenvalue weighted by molar-refractivity contribution is 7.17. The van der Waals surface area contributed by atoms with E-state index in [1.807, 2.05) is 6.07 Å². The van der Waals surface area contributed by atoms with Crippen molar-refractivity contribution in [2.45, 2.75) is 58.3 Å². The number of nitrogens with two attached hydrogens (primary N) is 1. The maximum atomic E-state index is 12.9. The maximum absolute atomic E-state index is 12.9. The first-order chi connectivity index (χ1) is 16.5. The van der Waals surface area contributed by atoms with Gasteiger partial charge in [-0.05, 0) is 61.4 Å². The lowest BCUT2D eigenvalue weighted by Crippen LogP contribution is -2.19. The van der Waals surface area contributed by atoms with E-state index in [4.69, 9.17) is 15.2 Å². The Hall–Kier alpha value is -3.31. The molecule has 0 saturated carbocycles. The van der Waals surface area contributed by atoms with Crippen molar-refractivity contribution in [3.63, 3.8) is 0 Å². The van der Waals surface area contributed by atoms with E-state index in [0.717, 1.165) is 55.4 Å². The molecule has 3 N–H and O–H groups in total. The zero-order chi connectivity index (χ0) is 24.5. The molecule has 1 aliphatic carbocycles. The molecule has 8 heteroatoms. The van der Waals surface area contributed by atoms with E-state index in [2.05, 4.69) is 12.2 Å². The molecule has 2 amide bonds. The minimum atomic E-state index is -0.584. The lowest BCUT2D eigenvalue weighted by molar-refractivity contribution is -0.112. The van der Waals surface area contributed by atoms with E-state index >= 15 is 0 Å². The molecule has 2 aromatic rings. The molecular weight excluding hydrogens is 450 g/mol. The van der Waals surface area contributed by atoms with E-state index in [9.17, 15) is 14.9 Å². The summed E-state index contributed by atoms with van der Waals surface area (Å²) in [6, 6.07) is 7.22. The van der Waals surface area contributed by atoms with Crippen molar-refractivity contribution < 1.29 is 19.1 Å². The molecule has 3 rings (SSSR count). The van der Waals surface area contributed by atoms with Crippen LogP contribution in [0.5, 0.6) is 11.5 Å². The van der Waals surface area contributed by atoms with Crippen LogP contribution < -0.4 is 20.5 Å². The van der Waals surface area contributed by atoms with E-state index in [-0.39, 0.29) is 5.57 Å². The number of amides is 2. The molecule has 0 aliphatic heterocycles. The largest absolute Gasteiger partial charge is 0.493 e. The zero-order valence-electron chi connectivity index (χ0n) is 19.7. The Morgan fingerprint density at radius 1 is 1.21 bits per heavy atom. The number of fused-ring (bicyclic) bond motifs is 1. The molecule has 1 aromatic heterocycles. The molecule has 180 valence electrons. The van der Waals surface area contributed by atoms with Crippen molar-refractivity contribution >= 4 is 34.2 Å². The number of nitrogens with zero attached hydrogens (tertiary/aromatic N) is 1. The predicted molar refractivity (Wildman–Crippen MR) is 134 cm³/mol. The van der Waals surface area contributed by atoms with Crippen molar-refractivity contribution in [2.24, 2.45) is 5.73 Å². The summed E-state index contributed by atoms with van der Waals surface area (Å²) in [6.07, 6.45) is 9.58. The van der Waals surface area contributed by atoms with E-state index in [0.29, 0.717) is 34.2 Å². The molecule has 0 saturated heterocycles. The number of methoxy groups -OCH3 is 1. The minimum absolute atomic E-state index is 0.0860. The quantitative estimate of drug-likeness (QED) is 0.259. The standard InChI is InChI=1S/C26H31N3O4S/c1-3-4-5-8-13-33-20-12-11-17(15-21(20)32-2)14-18(16-27)25(31)29-26-23(24(28)30)19-9-6-7-10-22(19)34-26/h11-12,14-15H,3-10,13H2,1-2H3,(H2,28,30)(H,29,31). The maximum Gasteiger partial charge on any atom is 0.266 e. The summed E-state index contributed by atoms with van der Waals surface area (Å²) in [5.74, 6) is 0.00396. The molecule has 0 atom stereocenters. The zero-order valence-corrected chi connectivity index (χ0v) is 20.6. The molecule has 1 aromatic carbocycles. The molecule has 34 heavy (non-hydrogen) atoms. The molecule has 0 radical (unpaired) electrons. The summed E-state index contributed by atoms with van der Waals surface area (Å²) in [4.78, 5) is 26.0. The van der Waals surface area contributed by atoms with Crippen LogP contribution in [0.3, 0.4) is 0 Å². The normalized spacial score (nSPS) is 13.0. The van der Waals surface area contributed by atoms with Gasteiger partial charge in [0.2, 0.25) is 0 Å².